The number of carbonyl (C=O) groups excluding carboxylic acids is 1. The molecule has 27 heavy (non-hydrogen) atoms. The van der Waals surface area contributed by atoms with Crippen LogP contribution in [0, 0.1) is 0 Å². The van der Waals surface area contributed by atoms with Crippen LogP contribution in [0.2, 0.25) is 0 Å². The van der Waals surface area contributed by atoms with E-state index in [2.05, 4.69) is 0 Å². The summed E-state index contributed by atoms with van der Waals surface area (Å²) >= 11 is 0. The number of methoxy groups -OCH3 is 2. The number of nitrogens with zero attached hydrogens (tertiary/aromatic N) is 1. The first kappa shape index (κ1) is 19.4. The van der Waals surface area contributed by atoms with E-state index in [0.717, 1.165) is 5.56 Å². The third-order valence-corrected chi connectivity index (χ3v) is 7.43. The minimum atomic E-state index is -3.67. The maximum atomic E-state index is 13.2. The van der Waals surface area contributed by atoms with Crippen molar-refractivity contribution >= 4 is 21.4 Å². The fourth-order valence-corrected chi connectivity index (χ4v) is 5.17. The van der Waals surface area contributed by atoms with Crippen LogP contribution in [-0.2, 0) is 25.8 Å². The van der Waals surface area contributed by atoms with Gasteiger partial charge in [0.1, 0.15) is 10.5 Å². The van der Waals surface area contributed by atoms with E-state index in [9.17, 15) is 13.2 Å². The number of sulfone groups is 1. The van der Waals surface area contributed by atoms with E-state index in [0.29, 0.717) is 11.4 Å². The zero-order valence-corrected chi connectivity index (χ0v) is 16.6. The molecule has 144 valence electrons. The number of benzene rings is 2. The van der Waals surface area contributed by atoms with Gasteiger partial charge in [0.05, 0.1) is 24.1 Å². The molecule has 7 heteroatoms. The second-order valence-corrected chi connectivity index (χ2v) is 9.45. The van der Waals surface area contributed by atoms with E-state index in [1.165, 1.54) is 18.1 Å². The lowest BCUT2D eigenvalue weighted by Gasteiger charge is -2.45. The predicted octanol–water partition coefficient (Wildman–Crippen LogP) is 2.81. The monoisotopic (exact) mass is 389 g/mol. The molecule has 0 N–H and O–H groups in total. The zero-order valence-electron chi connectivity index (χ0n) is 15.8. The van der Waals surface area contributed by atoms with Crippen molar-refractivity contribution in [2.24, 2.45) is 0 Å². The van der Waals surface area contributed by atoms with Crippen LogP contribution in [0.15, 0.2) is 53.4 Å². The third kappa shape index (κ3) is 3.11. The Hall–Kier alpha value is -2.38. The van der Waals surface area contributed by atoms with E-state index < -0.39 is 20.8 Å². The number of hydrogen-bond donors (Lipinski definition) is 0. The van der Waals surface area contributed by atoms with Crippen molar-refractivity contribution in [3.8, 4) is 5.75 Å². The molecule has 1 atom stereocenters. The summed E-state index contributed by atoms with van der Waals surface area (Å²) in [4.78, 5) is 14.8. The van der Waals surface area contributed by atoms with Crippen molar-refractivity contribution < 1.29 is 22.7 Å². The fourth-order valence-electron chi connectivity index (χ4n) is 3.43. The Kier molecular flexibility index (Phi) is 5.01. The fraction of sp³-hybridized carbons (Fsp3) is 0.350. The number of rotatable bonds is 4. The molecule has 1 unspecified atom stereocenters. The van der Waals surface area contributed by atoms with E-state index in [1.807, 2.05) is 12.1 Å². The Morgan fingerprint density at radius 1 is 1.11 bits per heavy atom. The summed E-state index contributed by atoms with van der Waals surface area (Å²) in [6.45, 7) is 3.16. The van der Waals surface area contributed by atoms with Crippen molar-refractivity contribution in [1.29, 1.82) is 0 Å². The molecule has 2 aromatic carbocycles. The van der Waals surface area contributed by atoms with E-state index in [-0.39, 0.29) is 17.2 Å². The number of hydrogen-bond acceptors (Lipinski definition) is 5. The molecule has 0 spiro atoms. The van der Waals surface area contributed by atoms with Crippen molar-refractivity contribution in [2.45, 2.75) is 36.1 Å². The molecule has 0 aromatic heterocycles. The van der Waals surface area contributed by atoms with Gasteiger partial charge in [0.15, 0.2) is 16.1 Å². The molecule has 0 radical (unpaired) electrons. The molecular formula is C20H23NO5S. The quantitative estimate of drug-likeness (QED) is 0.804. The summed E-state index contributed by atoms with van der Waals surface area (Å²) in [5, 5.41) is 0. The minimum absolute atomic E-state index is 0.0987. The maximum absolute atomic E-state index is 13.2. The first-order valence-electron chi connectivity index (χ1n) is 8.55. The Labute approximate surface area is 159 Å². The van der Waals surface area contributed by atoms with Crippen LogP contribution >= 0.6 is 0 Å². The number of para-hydroxylation sites is 1. The Morgan fingerprint density at radius 2 is 1.81 bits per heavy atom. The molecule has 1 amide bonds. The van der Waals surface area contributed by atoms with Crippen molar-refractivity contribution in [2.75, 3.05) is 19.1 Å². The molecule has 2 aromatic rings. The zero-order chi connectivity index (χ0) is 19.8. The van der Waals surface area contributed by atoms with Gasteiger partial charge >= 0.3 is 0 Å². The molecule has 0 fully saturated rings. The van der Waals surface area contributed by atoms with Crippen molar-refractivity contribution in [3.05, 3.63) is 54.1 Å². The van der Waals surface area contributed by atoms with E-state index in [1.54, 1.807) is 51.3 Å². The van der Waals surface area contributed by atoms with Gasteiger partial charge in [0.25, 0.3) is 0 Å². The van der Waals surface area contributed by atoms with Crippen LogP contribution in [0.4, 0.5) is 5.69 Å². The van der Waals surface area contributed by atoms with Crippen LogP contribution in [0.5, 0.6) is 5.75 Å². The molecule has 6 nitrogen and oxygen atoms in total. The summed E-state index contributed by atoms with van der Waals surface area (Å²) in [7, 11) is -0.686. The second kappa shape index (κ2) is 6.98. The highest BCUT2D eigenvalue weighted by Crippen LogP contribution is 2.43. The van der Waals surface area contributed by atoms with Gasteiger partial charge in [-0.15, -0.1) is 0 Å². The van der Waals surface area contributed by atoms with E-state index in [4.69, 9.17) is 9.47 Å². The summed E-state index contributed by atoms with van der Waals surface area (Å²) in [5.74, 6) is 0.413. The molecule has 0 bridgehead atoms. The average Bonchev–Trinajstić information content (AvgIpc) is 2.64. The first-order chi connectivity index (χ1) is 12.7. The summed E-state index contributed by atoms with van der Waals surface area (Å²) < 4.78 is 35.6. The second-order valence-electron chi connectivity index (χ2n) is 6.95. The van der Waals surface area contributed by atoms with Gasteiger partial charge in [-0.25, -0.2) is 8.42 Å². The molecule has 0 saturated carbocycles. The van der Waals surface area contributed by atoms with Crippen LogP contribution < -0.4 is 9.64 Å². The molecule has 1 heterocycles. The molecule has 0 aliphatic carbocycles. The van der Waals surface area contributed by atoms with Crippen LogP contribution in [0.1, 0.15) is 19.4 Å². The minimum Gasteiger partial charge on any atom is -0.497 e. The van der Waals surface area contributed by atoms with Gasteiger partial charge in [0, 0.05) is 7.11 Å². The Bertz CT molecular complexity index is 968. The summed E-state index contributed by atoms with van der Waals surface area (Å²) in [6, 6.07) is 13.8. The summed E-state index contributed by atoms with van der Waals surface area (Å²) in [5.41, 5.74) is 1.12. The largest absolute Gasteiger partial charge is 0.497 e. The number of ether oxygens (including phenoxy) is 2. The molecule has 1 aliphatic rings. The number of carbonyl (C=O) groups is 1. The molecule has 3 rings (SSSR count). The number of amides is 1. The van der Waals surface area contributed by atoms with Gasteiger partial charge in [-0.05, 0) is 43.7 Å². The average molecular weight is 389 g/mol. The highest BCUT2D eigenvalue weighted by Gasteiger charge is 2.53. The van der Waals surface area contributed by atoms with Gasteiger partial charge in [-0.2, -0.15) is 0 Å². The van der Waals surface area contributed by atoms with Crippen molar-refractivity contribution in [1.82, 2.24) is 0 Å². The lowest BCUT2D eigenvalue weighted by Crippen LogP contribution is -2.60. The van der Waals surface area contributed by atoms with Crippen LogP contribution in [-0.4, -0.2) is 39.5 Å². The van der Waals surface area contributed by atoms with Gasteiger partial charge < -0.3 is 9.47 Å². The van der Waals surface area contributed by atoms with Gasteiger partial charge in [0.2, 0.25) is 5.91 Å². The van der Waals surface area contributed by atoms with Crippen LogP contribution in [0.3, 0.4) is 0 Å². The maximum Gasteiger partial charge on any atom is 0.233 e. The standard InChI is InChI=1S/C20H23NO5S/c1-20(2)19(26-4)21(16-10-5-6-11-17(16)27(20,23)24)18(22)13-14-8-7-9-15(12-14)25-3/h5-12,19H,13H2,1-4H3. The van der Waals surface area contributed by atoms with E-state index >= 15 is 0 Å². The first-order valence-corrected chi connectivity index (χ1v) is 10.0. The highest BCUT2D eigenvalue weighted by molar-refractivity contribution is 7.93. The highest BCUT2D eigenvalue weighted by atomic mass is 32.2. The summed E-state index contributed by atoms with van der Waals surface area (Å²) in [6.07, 6.45) is -0.836. The topological polar surface area (TPSA) is 72.9 Å². The Balaban J connectivity index is 2.08. The Morgan fingerprint density at radius 3 is 2.48 bits per heavy atom. The van der Waals surface area contributed by atoms with Crippen LogP contribution in [0.25, 0.3) is 0 Å². The predicted molar refractivity (Wildman–Crippen MR) is 103 cm³/mol. The van der Waals surface area contributed by atoms with Crippen molar-refractivity contribution in [3.63, 3.8) is 0 Å². The van der Waals surface area contributed by atoms with Gasteiger partial charge in [-0.3, -0.25) is 9.69 Å². The molecule has 1 aliphatic heterocycles. The number of anilines is 1. The van der Waals surface area contributed by atoms with Gasteiger partial charge in [-0.1, -0.05) is 24.3 Å². The smallest absolute Gasteiger partial charge is 0.233 e. The molecular weight excluding hydrogens is 366 g/mol. The third-order valence-electron chi connectivity index (χ3n) is 4.92. The lowest BCUT2D eigenvalue weighted by atomic mass is 10.1. The SMILES string of the molecule is COc1cccc(CC(=O)N2c3ccccc3S(=O)(=O)C(C)(C)C2OC)c1. The molecule has 0 saturated heterocycles. The lowest BCUT2D eigenvalue weighted by molar-refractivity contribution is -0.121. The normalized spacial score (nSPS) is 20.0. The number of fused-ring (bicyclic) bond motifs is 1.